The van der Waals surface area contributed by atoms with Crippen molar-refractivity contribution in [2.45, 2.75) is 56.5 Å². The van der Waals surface area contributed by atoms with Crippen LogP contribution in [0.4, 0.5) is 5.13 Å². The number of aliphatic carboxylic acids is 1. The fourth-order valence-corrected chi connectivity index (χ4v) is 7.18. The molecule has 2 saturated heterocycles. The average molecular weight is 501 g/mol. The SMILES string of the molecule is C[C@@H](O)[C@H]1C(=O)N2C(C(=O)[O-])=C(SC3CN(c4nc(C(=O)NC5CCC5)cs4)C3)[C@H](C)[C@H]12.[Na+]. The molecule has 3 fully saturated rings. The van der Waals surface area contributed by atoms with Crippen molar-refractivity contribution in [1.82, 2.24) is 15.2 Å². The monoisotopic (exact) mass is 500 g/mol. The molecule has 0 aromatic carbocycles. The average Bonchev–Trinajstić information content (AvgIpc) is 3.23. The number of carbonyl (C=O) groups excluding carboxylic acids is 3. The van der Waals surface area contributed by atoms with E-state index in [1.54, 1.807) is 12.3 Å². The van der Waals surface area contributed by atoms with Crippen molar-refractivity contribution < 1.29 is 54.2 Å². The molecule has 0 spiro atoms. The van der Waals surface area contributed by atoms with Crippen molar-refractivity contribution in [2.75, 3.05) is 18.0 Å². The van der Waals surface area contributed by atoms with E-state index in [9.17, 15) is 24.6 Å². The van der Waals surface area contributed by atoms with Gasteiger partial charge in [0.05, 0.1) is 29.7 Å². The summed E-state index contributed by atoms with van der Waals surface area (Å²) >= 11 is 2.90. The van der Waals surface area contributed by atoms with E-state index in [0.29, 0.717) is 23.7 Å². The molecule has 172 valence electrons. The van der Waals surface area contributed by atoms with Crippen LogP contribution in [-0.2, 0) is 9.59 Å². The van der Waals surface area contributed by atoms with Gasteiger partial charge in [0.25, 0.3) is 5.91 Å². The van der Waals surface area contributed by atoms with Crippen LogP contribution in [0.5, 0.6) is 0 Å². The first-order valence-corrected chi connectivity index (χ1v) is 12.7. The van der Waals surface area contributed by atoms with Crippen LogP contribution in [-0.4, -0.2) is 69.3 Å². The molecule has 2 amide bonds. The van der Waals surface area contributed by atoms with Crippen molar-refractivity contribution in [3.63, 3.8) is 0 Å². The Morgan fingerprint density at radius 1 is 1.36 bits per heavy atom. The standard InChI is InChI=1S/C21H26N4O5S2.Na/c1-9-15-14(10(2)26)19(28)25(15)16(20(29)30)17(9)32-12-6-24(7-12)21-23-13(8-31-21)18(27)22-11-4-3-5-11;/h8-12,14-15,26H,3-7H2,1-2H3,(H,22,27)(H,29,30);/q;+1/p-1/t9-,10-,14-,15-;/m1./s1. The number of anilines is 1. The van der Waals surface area contributed by atoms with Gasteiger partial charge in [0, 0.05) is 40.6 Å². The number of rotatable bonds is 7. The number of hydrogen-bond donors (Lipinski definition) is 2. The number of carboxylic acids is 1. The number of carbonyl (C=O) groups is 3. The number of nitrogens with one attached hydrogen (secondary N) is 1. The molecule has 33 heavy (non-hydrogen) atoms. The topological polar surface area (TPSA) is 126 Å². The van der Waals surface area contributed by atoms with Crippen LogP contribution >= 0.6 is 23.1 Å². The molecule has 9 nitrogen and oxygen atoms in total. The number of thiazole rings is 1. The van der Waals surface area contributed by atoms with Gasteiger partial charge in [-0.2, -0.15) is 0 Å². The van der Waals surface area contributed by atoms with Crippen LogP contribution in [0.2, 0.25) is 0 Å². The molecule has 4 heterocycles. The largest absolute Gasteiger partial charge is 1.00 e. The number of aliphatic hydroxyl groups is 1. The quantitative estimate of drug-likeness (QED) is 0.303. The van der Waals surface area contributed by atoms with Crippen LogP contribution in [0.1, 0.15) is 43.6 Å². The summed E-state index contributed by atoms with van der Waals surface area (Å²) in [4.78, 5) is 45.0. The Kier molecular flexibility index (Phi) is 7.20. The summed E-state index contributed by atoms with van der Waals surface area (Å²) in [6.07, 6.45) is 2.38. The summed E-state index contributed by atoms with van der Waals surface area (Å²) in [5.41, 5.74) is 0.392. The summed E-state index contributed by atoms with van der Waals surface area (Å²) in [6.45, 7) is 4.82. The van der Waals surface area contributed by atoms with Crippen LogP contribution in [0.25, 0.3) is 0 Å². The number of aromatic nitrogens is 1. The Morgan fingerprint density at radius 3 is 2.64 bits per heavy atom. The van der Waals surface area contributed by atoms with Crippen molar-refractivity contribution in [3.05, 3.63) is 21.7 Å². The van der Waals surface area contributed by atoms with Crippen LogP contribution in [0.15, 0.2) is 16.0 Å². The summed E-state index contributed by atoms with van der Waals surface area (Å²) in [5, 5.41) is 27.5. The second-order valence-electron chi connectivity index (χ2n) is 9.02. The molecule has 1 aromatic rings. The molecule has 2 N–H and O–H groups in total. The second-order valence-corrected chi connectivity index (χ2v) is 11.2. The number of thioether (sulfide) groups is 1. The van der Waals surface area contributed by atoms with Gasteiger partial charge in [0.15, 0.2) is 5.13 Å². The van der Waals surface area contributed by atoms with Crippen molar-refractivity contribution in [2.24, 2.45) is 11.8 Å². The molecular weight excluding hydrogens is 475 g/mol. The molecule has 1 saturated carbocycles. The van der Waals surface area contributed by atoms with Crippen molar-refractivity contribution >= 4 is 46.0 Å². The van der Waals surface area contributed by atoms with Crippen LogP contribution < -0.4 is 44.9 Å². The normalized spacial score (nSPS) is 27.8. The molecular formula is C21H25N4NaO5S2. The maximum absolute atomic E-state index is 12.4. The Balaban J connectivity index is 0.00000259. The van der Waals surface area contributed by atoms with Gasteiger partial charge in [0.1, 0.15) is 5.69 Å². The number of nitrogens with zero attached hydrogens (tertiary/aromatic N) is 3. The molecule has 0 unspecified atom stereocenters. The van der Waals surface area contributed by atoms with E-state index < -0.39 is 18.0 Å². The number of β-lactam (4-membered cyclic amide) rings is 1. The van der Waals surface area contributed by atoms with Gasteiger partial charge in [-0.15, -0.1) is 23.1 Å². The molecule has 0 bridgehead atoms. The number of amides is 2. The fraction of sp³-hybridized carbons (Fsp3) is 0.619. The third kappa shape index (κ3) is 4.25. The zero-order valence-corrected chi connectivity index (χ0v) is 22.4. The number of aliphatic hydroxyl groups excluding tert-OH is 1. The van der Waals surface area contributed by atoms with E-state index in [-0.39, 0.29) is 70.3 Å². The smallest absolute Gasteiger partial charge is 0.543 e. The van der Waals surface area contributed by atoms with E-state index >= 15 is 0 Å². The Hall–Kier alpha value is -1.11. The predicted octanol–water partition coefficient (Wildman–Crippen LogP) is -2.83. The molecule has 12 heteroatoms. The number of fused-ring (bicyclic) bond motifs is 1. The maximum atomic E-state index is 12.4. The van der Waals surface area contributed by atoms with E-state index in [0.717, 1.165) is 24.4 Å². The maximum Gasteiger partial charge on any atom is 1.00 e. The van der Waals surface area contributed by atoms with Gasteiger partial charge < -0.3 is 30.1 Å². The molecule has 4 atom stereocenters. The van der Waals surface area contributed by atoms with E-state index in [4.69, 9.17) is 0 Å². The number of carboxylic acid groups (broad SMARTS) is 1. The van der Waals surface area contributed by atoms with Gasteiger partial charge >= 0.3 is 29.6 Å². The third-order valence-corrected chi connectivity index (χ3v) is 9.23. The minimum atomic E-state index is -1.35. The second kappa shape index (κ2) is 9.50. The van der Waals surface area contributed by atoms with E-state index in [1.807, 2.05) is 6.92 Å². The molecule has 3 aliphatic heterocycles. The summed E-state index contributed by atoms with van der Waals surface area (Å²) in [7, 11) is 0. The van der Waals surface area contributed by atoms with Gasteiger partial charge in [-0.3, -0.25) is 9.59 Å². The molecule has 1 aliphatic carbocycles. The predicted molar refractivity (Wildman–Crippen MR) is 118 cm³/mol. The zero-order chi connectivity index (χ0) is 22.7. The molecule has 1 aromatic heterocycles. The minimum Gasteiger partial charge on any atom is -0.543 e. The number of hydrogen-bond acceptors (Lipinski definition) is 9. The van der Waals surface area contributed by atoms with Gasteiger partial charge in [-0.1, -0.05) is 6.92 Å². The Labute approximate surface area is 222 Å². The van der Waals surface area contributed by atoms with E-state index in [1.165, 1.54) is 28.0 Å². The molecule has 0 radical (unpaired) electrons. The zero-order valence-electron chi connectivity index (χ0n) is 18.8. The first-order valence-electron chi connectivity index (χ1n) is 10.9. The Morgan fingerprint density at radius 2 is 2.06 bits per heavy atom. The van der Waals surface area contributed by atoms with Gasteiger partial charge in [0.2, 0.25) is 5.91 Å². The van der Waals surface area contributed by atoms with Crippen LogP contribution in [0.3, 0.4) is 0 Å². The first-order chi connectivity index (χ1) is 15.3. The van der Waals surface area contributed by atoms with Crippen molar-refractivity contribution in [3.8, 4) is 0 Å². The summed E-state index contributed by atoms with van der Waals surface area (Å²) in [5.74, 6) is -2.57. The van der Waals surface area contributed by atoms with Gasteiger partial charge in [-0.25, -0.2) is 4.98 Å². The fourth-order valence-electron chi connectivity index (χ4n) is 4.84. The minimum absolute atomic E-state index is 0. The summed E-state index contributed by atoms with van der Waals surface area (Å²) in [6, 6.07) is -0.0619. The summed E-state index contributed by atoms with van der Waals surface area (Å²) < 4.78 is 0. The van der Waals surface area contributed by atoms with Crippen LogP contribution in [0, 0.1) is 11.8 Å². The van der Waals surface area contributed by atoms with E-state index in [2.05, 4.69) is 15.2 Å². The van der Waals surface area contributed by atoms with Crippen molar-refractivity contribution in [1.29, 1.82) is 0 Å². The Bertz CT molecular complexity index is 1000. The first kappa shape index (κ1) is 25.0. The molecule has 5 rings (SSSR count). The third-order valence-electron chi connectivity index (χ3n) is 6.88. The van der Waals surface area contributed by atoms with Gasteiger partial charge in [-0.05, 0) is 26.2 Å². The molecule has 4 aliphatic rings.